The molecule has 2 unspecified atom stereocenters. The number of benzene rings is 1. The second-order valence-corrected chi connectivity index (χ2v) is 4.23. The first-order valence-electron chi connectivity index (χ1n) is 5.38. The van der Waals surface area contributed by atoms with E-state index in [2.05, 4.69) is 11.9 Å². The Morgan fingerprint density at radius 2 is 2.07 bits per heavy atom. The number of hydrogen-bond acceptors (Lipinski definition) is 2. The number of likely N-dealkylation sites (tertiary alicyclic amines) is 1. The van der Waals surface area contributed by atoms with Crippen molar-refractivity contribution in [3.8, 4) is 0 Å². The van der Waals surface area contributed by atoms with Gasteiger partial charge in [-0.05, 0) is 37.7 Å². The minimum absolute atomic E-state index is 0.172. The average Bonchev–Trinajstić information content (AvgIpc) is 2.61. The standard InChI is InChI=1S/C12H17FN2/c1-15-7-6-11(12(15)8-14)9-2-4-10(13)5-3-9/h2-5,11-12H,6-8,14H2,1H3. The summed E-state index contributed by atoms with van der Waals surface area (Å²) in [7, 11) is 2.10. The number of rotatable bonds is 2. The van der Waals surface area contributed by atoms with Gasteiger partial charge in [-0.25, -0.2) is 4.39 Å². The minimum Gasteiger partial charge on any atom is -0.329 e. The molecule has 82 valence electrons. The van der Waals surface area contributed by atoms with Gasteiger partial charge in [-0.15, -0.1) is 0 Å². The predicted molar refractivity (Wildman–Crippen MR) is 59.2 cm³/mol. The van der Waals surface area contributed by atoms with Crippen LogP contribution in [0.1, 0.15) is 17.9 Å². The Balaban J connectivity index is 2.20. The number of likely N-dealkylation sites (N-methyl/N-ethyl adjacent to an activating group) is 1. The molecular weight excluding hydrogens is 191 g/mol. The summed E-state index contributed by atoms with van der Waals surface area (Å²) in [5.41, 5.74) is 6.97. The van der Waals surface area contributed by atoms with Crippen molar-refractivity contribution < 1.29 is 4.39 Å². The Hall–Kier alpha value is -0.930. The fraction of sp³-hybridized carbons (Fsp3) is 0.500. The third-order valence-electron chi connectivity index (χ3n) is 3.36. The van der Waals surface area contributed by atoms with Gasteiger partial charge in [0.1, 0.15) is 5.82 Å². The van der Waals surface area contributed by atoms with Crippen LogP contribution in [0.15, 0.2) is 24.3 Å². The van der Waals surface area contributed by atoms with Gasteiger partial charge in [0.2, 0.25) is 0 Å². The van der Waals surface area contributed by atoms with Gasteiger partial charge in [0, 0.05) is 18.5 Å². The summed E-state index contributed by atoms with van der Waals surface area (Å²) in [6.45, 7) is 1.74. The van der Waals surface area contributed by atoms with Gasteiger partial charge in [-0.2, -0.15) is 0 Å². The van der Waals surface area contributed by atoms with Gasteiger partial charge in [0.05, 0.1) is 0 Å². The van der Waals surface area contributed by atoms with Crippen molar-refractivity contribution >= 4 is 0 Å². The Kier molecular flexibility index (Phi) is 3.03. The normalized spacial score (nSPS) is 27.1. The van der Waals surface area contributed by atoms with E-state index in [0.717, 1.165) is 13.0 Å². The molecule has 1 aromatic rings. The van der Waals surface area contributed by atoms with Crippen LogP contribution in [0.25, 0.3) is 0 Å². The van der Waals surface area contributed by atoms with Crippen molar-refractivity contribution in [2.75, 3.05) is 20.1 Å². The van der Waals surface area contributed by atoms with E-state index in [-0.39, 0.29) is 5.82 Å². The highest BCUT2D eigenvalue weighted by Crippen LogP contribution is 2.31. The van der Waals surface area contributed by atoms with Crippen molar-refractivity contribution in [1.82, 2.24) is 4.90 Å². The summed E-state index contributed by atoms with van der Waals surface area (Å²) >= 11 is 0. The van der Waals surface area contributed by atoms with Crippen molar-refractivity contribution in [3.63, 3.8) is 0 Å². The number of nitrogens with zero attached hydrogens (tertiary/aromatic N) is 1. The molecule has 0 spiro atoms. The van der Waals surface area contributed by atoms with E-state index in [9.17, 15) is 4.39 Å². The molecule has 0 radical (unpaired) electrons. The van der Waals surface area contributed by atoms with E-state index in [0.29, 0.717) is 18.5 Å². The summed E-state index contributed by atoms with van der Waals surface area (Å²) in [6, 6.07) is 7.21. The van der Waals surface area contributed by atoms with Gasteiger partial charge in [0.15, 0.2) is 0 Å². The van der Waals surface area contributed by atoms with Crippen LogP contribution >= 0.6 is 0 Å². The molecule has 1 heterocycles. The third-order valence-corrected chi connectivity index (χ3v) is 3.36. The molecule has 2 atom stereocenters. The maximum absolute atomic E-state index is 12.8. The SMILES string of the molecule is CN1CCC(c2ccc(F)cc2)C1CN. The van der Waals surface area contributed by atoms with Crippen LogP contribution in [0.3, 0.4) is 0 Å². The molecule has 0 aliphatic carbocycles. The van der Waals surface area contributed by atoms with Crippen LogP contribution in [0.4, 0.5) is 4.39 Å². The van der Waals surface area contributed by atoms with Crippen LogP contribution in [-0.2, 0) is 0 Å². The van der Waals surface area contributed by atoms with Crippen molar-refractivity contribution in [2.24, 2.45) is 5.73 Å². The second-order valence-electron chi connectivity index (χ2n) is 4.23. The molecule has 0 saturated carbocycles. The van der Waals surface area contributed by atoms with Crippen molar-refractivity contribution in [2.45, 2.75) is 18.4 Å². The molecule has 1 aromatic carbocycles. The molecule has 1 aliphatic rings. The number of halogens is 1. The first-order chi connectivity index (χ1) is 7.22. The summed E-state index contributed by atoms with van der Waals surface area (Å²) in [5.74, 6) is 0.287. The Labute approximate surface area is 89.9 Å². The maximum atomic E-state index is 12.8. The smallest absolute Gasteiger partial charge is 0.123 e. The fourth-order valence-electron chi connectivity index (χ4n) is 2.45. The summed E-state index contributed by atoms with van der Waals surface area (Å²) in [4.78, 5) is 2.29. The lowest BCUT2D eigenvalue weighted by Gasteiger charge is -2.23. The summed E-state index contributed by atoms with van der Waals surface area (Å²) < 4.78 is 12.8. The quantitative estimate of drug-likeness (QED) is 0.799. The van der Waals surface area contributed by atoms with Gasteiger partial charge in [-0.3, -0.25) is 0 Å². The highest BCUT2D eigenvalue weighted by atomic mass is 19.1. The molecule has 3 heteroatoms. The molecule has 1 fully saturated rings. The molecule has 0 aromatic heterocycles. The molecule has 2 N–H and O–H groups in total. The summed E-state index contributed by atoms with van der Waals surface area (Å²) in [6.07, 6.45) is 1.12. The molecule has 1 saturated heterocycles. The number of nitrogens with two attached hydrogens (primary N) is 1. The number of hydrogen-bond donors (Lipinski definition) is 1. The van der Waals surface area contributed by atoms with Gasteiger partial charge < -0.3 is 10.6 Å². The predicted octanol–water partition coefficient (Wildman–Crippen LogP) is 1.57. The van der Waals surface area contributed by atoms with E-state index in [4.69, 9.17) is 5.73 Å². The van der Waals surface area contributed by atoms with E-state index in [1.807, 2.05) is 12.1 Å². The van der Waals surface area contributed by atoms with E-state index >= 15 is 0 Å². The molecule has 2 rings (SSSR count). The monoisotopic (exact) mass is 208 g/mol. The van der Waals surface area contributed by atoms with Gasteiger partial charge in [0.25, 0.3) is 0 Å². The van der Waals surface area contributed by atoms with Crippen LogP contribution < -0.4 is 5.73 Å². The molecular formula is C12H17FN2. The zero-order chi connectivity index (χ0) is 10.8. The largest absolute Gasteiger partial charge is 0.329 e. The van der Waals surface area contributed by atoms with E-state index in [1.54, 1.807) is 0 Å². The highest BCUT2D eigenvalue weighted by molar-refractivity contribution is 5.23. The second kappa shape index (κ2) is 4.29. The van der Waals surface area contributed by atoms with Crippen LogP contribution in [-0.4, -0.2) is 31.1 Å². The zero-order valence-electron chi connectivity index (χ0n) is 8.99. The Morgan fingerprint density at radius 1 is 1.40 bits per heavy atom. The Morgan fingerprint density at radius 3 is 2.67 bits per heavy atom. The molecule has 2 nitrogen and oxygen atoms in total. The van der Waals surface area contributed by atoms with Crippen LogP contribution in [0.2, 0.25) is 0 Å². The fourth-order valence-corrected chi connectivity index (χ4v) is 2.45. The lowest BCUT2D eigenvalue weighted by atomic mass is 9.92. The minimum atomic E-state index is -0.172. The molecule has 1 aliphatic heterocycles. The maximum Gasteiger partial charge on any atom is 0.123 e. The van der Waals surface area contributed by atoms with Gasteiger partial charge >= 0.3 is 0 Å². The Bertz CT molecular complexity index is 323. The first kappa shape index (κ1) is 10.6. The molecule has 0 bridgehead atoms. The molecule has 0 amide bonds. The topological polar surface area (TPSA) is 29.3 Å². The van der Waals surface area contributed by atoms with E-state index < -0.39 is 0 Å². The van der Waals surface area contributed by atoms with Crippen LogP contribution in [0, 0.1) is 5.82 Å². The zero-order valence-corrected chi connectivity index (χ0v) is 8.99. The third kappa shape index (κ3) is 2.03. The lowest BCUT2D eigenvalue weighted by molar-refractivity contribution is 0.304. The average molecular weight is 208 g/mol. The highest BCUT2D eigenvalue weighted by Gasteiger charge is 2.31. The molecule has 15 heavy (non-hydrogen) atoms. The first-order valence-corrected chi connectivity index (χ1v) is 5.38. The van der Waals surface area contributed by atoms with E-state index in [1.165, 1.54) is 17.7 Å². The van der Waals surface area contributed by atoms with Crippen molar-refractivity contribution in [3.05, 3.63) is 35.6 Å². The lowest BCUT2D eigenvalue weighted by Crippen LogP contribution is -2.35. The van der Waals surface area contributed by atoms with Crippen molar-refractivity contribution in [1.29, 1.82) is 0 Å². The summed E-state index contributed by atoms with van der Waals surface area (Å²) in [5, 5.41) is 0. The van der Waals surface area contributed by atoms with Gasteiger partial charge in [-0.1, -0.05) is 12.1 Å². The van der Waals surface area contributed by atoms with Crippen LogP contribution in [0.5, 0.6) is 0 Å².